The van der Waals surface area contributed by atoms with Crippen LogP contribution in [0.4, 0.5) is 39.8 Å². The maximum atomic E-state index is 2.65. The number of hydrogen-bond acceptors (Lipinski definition) is 3. The lowest BCUT2D eigenvalue weighted by Crippen LogP contribution is -2.65. The lowest BCUT2D eigenvalue weighted by molar-refractivity contribution is 1.27. The van der Waals surface area contributed by atoms with Gasteiger partial charge in [-0.15, -0.1) is 0 Å². The highest BCUT2D eigenvalue weighted by atomic mass is 15.2. The smallest absolute Gasteiger partial charge is 0.329 e. The Bertz CT molecular complexity index is 2900. The molecule has 262 valence electrons. The normalized spacial score (nSPS) is 13.5. The van der Waals surface area contributed by atoms with Gasteiger partial charge < -0.3 is 14.5 Å². The number of para-hydroxylation sites is 2. The third kappa shape index (κ3) is 4.31. The maximum absolute atomic E-state index is 2.65. The van der Waals surface area contributed by atoms with Gasteiger partial charge in [-0.2, -0.15) is 0 Å². The van der Waals surface area contributed by atoms with Crippen LogP contribution in [0, 0.1) is 20.8 Å². The maximum Gasteiger partial charge on any atom is 0.329 e. The molecule has 8 aromatic carbocycles. The Hall–Kier alpha value is -6.71. The molecule has 0 saturated carbocycles. The summed E-state index contributed by atoms with van der Waals surface area (Å²) in [4.78, 5) is 7.66. The van der Waals surface area contributed by atoms with Crippen molar-refractivity contribution in [1.29, 1.82) is 0 Å². The molecule has 0 N–H and O–H groups in total. The van der Waals surface area contributed by atoms with E-state index in [0.29, 0.717) is 0 Å². The molecule has 4 aliphatic heterocycles. The molecule has 0 aromatic heterocycles. The molecule has 0 bridgehead atoms. The average Bonchev–Trinajstić information content (AvgIpc) is 3.23. The van der Waals surface area contributed by atoms with E-state index in [-0.39, 0.29) is 13.7 Å². The summed E-state index contributed by atoms with van der Waals surface area (Å²) in [5, 5.41) is 0. The van der Waals surface area contributed by atoms with Crippen LogP contribution in [0.1, 0.15) is 16.7 Å². The van der Waals surface area contributed by atoms with Crippen molar-refractivity contribution in [2.75, 3.05) is 14.5 Å². The molecule has 56 heavy (non-hydrogen) atoms. The van der Waals surface area contributed by atoms with Gasteiger partial charge >= 0.3 is 13.7 Å². The quantitative estimate of drug-likeness (QED) is 0.169. The SMILES string of the molecule is Cc1ccc2c(c1)-c1cc(C)ccc1N1B2c2cccc3c2-c2c1cccc2N1B3c2ccc(C)cc2-c2cc(N(c3ccccc3)c3ccccc3)ccc21. The zero-order chi connectivity index (χ0) is 37.2. The standard InChI is InChI=1S/C51H37B2N3/c1-32-20-24-42-38(28-32)40-30-34(3)22-26-46(40)55-48-18-11-19-49-51(48)50-44(52(42)55)16-10-17-45(50)53-43-25-21-33(2)29-39(43)41-31-37(23-27-47(41)56(49)53)54(35-12-6-4-7-13-35)36-14-8-5-9-15-36/h4-31H,1-3H3. The molecule has 12 rings (SSSR count). The average molecular weight is 714 g/mol. The summed E-state index contributed by atoms with van der Waals surface area (Å²) in [5.74, 6) is 0. The summed E-state index contributed by atoms with van der Waals surface area (Å²) in [5.41, 5.74) is 25.7. The van der Waals surface area contributed by atoms with E-state index in [2.05, 4.69) is 205 Å². The summed E-state index contributed by atoms with van der Waals surface area (Å²) in [7, 11) is 0. The van der Waals surface area contributed by atoms with Gasteiger partial charge in [-0.05, 0) is 126 Å². The molecule has 3 nitrogen and oxygen atoms in total. The van der Waals surface area contributed by atoms with Crippen LogP contribution in [0.2, 0.25) is 0 Å². The van der Waals surface area contributed by atoms with E-state index in [1.165, 1.54) is 94.7 Å². The van der Waals surface area contributed by atoms with E-state index >= 15 is 0 Å². The summed E-state index contributed by atoms with van der Waals surface area (Å²) in [6.45, 7) is 6.75. The van der Waals surface area contributed by atoms with Gasteiger partial charge in [0.05, 0.1) is 0 Å². The Morgan fingerprint density at radius 3 is 1.36 bits per heavy atom. The summed E-state index contributed by atoms with van der Waals surface area (Å²) < 4.78 is 0. The molecule has 0 spiro atoms. The van der Waals surface area contributed by atoms with Crippen molar-refractivity contribution in [2.45, 2.75) is 20.8 Å². The molecule has 0 radical (unpaired) electrons. The highest BCUT2D eigenvalue weighted by molar-refractivity contribution is 6.97. The van der Waals surface area contributed by atoms with E-state index in [1.807, 2.05) is 0 Å². The molecule has 0 saturated heterocycles. The number of fused-ring (bicyclic) bond motifs is 16. The fourth-order valence-corrected chi connectivity index (χ4v) is 10.3. The highest BCUT2D eigenvalue weighted by Crippen LogP contribution is 2.54. The zero-order valence-electron chi connectivity index (χ0n) is 31.7. The van der Waals surface area contributed by atoms with Gasteiger partial charge in [0.15, 0.2) is 0 Å². The summed E-state index contributed by atoms with van der Waals surface area (Å²) in [6.07, 6.45) is 0. The third-order valence-electron chi connectivity index (χ3n) is 12.5. The zero-order valence-corrected chi connectivity index (χ0v) is 31.7. The predicted octanol–water partition coefficient (Wildman–Crippen LogP) is 10.2. The first-order valence-corrected chi connectivity index (χ1v) is 19.7. The van der Waals surface area contributed by atoms with Crippen LogP contribution in [-0.2, 0) is 0 Å². The van der Waals surface area contributed by atoms with Crippen molar-refractivity contribution in [3.8, 4) is 33.4 Å². The van der Waals surface area contributed by atoms with Crippen LogP contribution in [0.3, 0.4) is 0 Å². The van der Waals surface area contributed by atoms with Gasteiger partial charge in [-0.25, -0.2) is 0 Å². The molecule has 0 amide bonds. The van der Waals surface area contributed by atoms with Crippen molar-refractivity contribution in [1.82, 2.24) is 0 Å². The van der Waals surface area contributed by atoms with Crippen LogP contribution in [0.25, 0.3) is 33.4 Å². The Kier molecular flexibility index (Phi) is 6.58. The lowest BCUT2D eigenvalue weighted by Gasteiger charge is -2.50. The van der Waals surface area contributed by atoms with Gasteiger partial charge in [0, 0.05) is 56.5 Å². The van der Waals surface area contributed by atoms with E-state index in [0.717, 1.165) is 17.1 Å². The Morgan fingerprint density at radius 1 is 0.339 bits per heavy atom. The predicted molar refractivity (Wildman–Crippen MR) is 239 cm³/mol. The van der Waals surface area contributed by atoms with Crippen molar-refractivity contribution in [2.24, 2.45) is 0 Å². The Morgan fingerprint density at radius 2 is 0.804 bits per heavy atom. The van der Waals surface area contributed by atoms with Gasteiger partial charge in [0.25, 0.3) is 0 Å². The lowest BCUT2D eigenvalue weighted by atomic mass is 9.37. The van der Waals surface area contributed by atoms with Gasteiger partial charge in [0.1, 0.15) is 0 Å². The van der Waals surface area contributed by atoms with Gasteiger partial charge in [-0.3, -0.25) is 0 Å². The van der Waals surface area contributed by atoms with Gasteiger partial charge in [-0.1, -0.05) is 120 Å². The number of rotatable bonds is 3. The summed E-state index contributed by atoms with van der Waals surface area (Å²) in [6, 6.07) is 63.9. The molecule has 0 unspecified atom stereocenters. The molecule has 0 fully saturated rings. The van der Waals surface area contributed by atoms with Crippen molar-refractivity contribution in [3.05, 3.63) is 187 Å². The molecular formula is C51H37B2N3. The number of aryl methyl sites for hydroxylation is 3. The van der Waals surface area contributed by atoms with Crippen LogP contribution in [0.15, 0.2) is 170 Å². The third-order valence-corrected chi connectivity index (χ3v) is 12.5. The monoisotopic (exact) mass is 713 g/mol. The molecule has 0 atom stereocenters. The fourth-order valence-electron chi connectivity index (χ4n) is 10.3. The topological polar surface area (TPSA) is 9.72 Å². The largest absolute Gasteiger partial charge is 0.376 e. The van der Waals surface area contributed by atoms with E-state index in [4.69, 9.17) is 0 Å². The molecular weight excluding hydrogens is 676 g/mol. The Balaban J connectivity index is 1.12. The molecule has 4 aliphatic rings. The van der Waals surface area contributed by atoms with Crippen molar-refractivity contribution >= 4 is 75.4 Å². The number of nitrogens with zero attached hydrogens (tertiary/aromatic N) is 3. The Labute approximate surface area is 329 Å². The number of benzene rings is 8. The van der Waals surface area contributed by atoms with E-state index in [9.17, 15) is 0 Å². The second kappa shape index (κ2) is 11.6. The first kappa shape index (κ1) is 31.6. The fraction of sp³-hybridized carbons (Fsp3) is 0.0588. The van der Waals surface area contributed by atoms with Crippen LogP contribution < -0.4 is 36.4 Å². The highest BCUT2D eigenvalue weighted by Gasteiger charge is 2.50. The second-order valence-electron chi connectivity index (χ2n) is 15.9. The molecule has 5 heteroatoms. The first-order valence-electron chi connectivity index (χ1n) is 19.7. The van der Waals surface area contributed by atoms with Gasteiger partial charge in [0.2, 0.25) is 0 Å². The van der Waals surface area contributed by atoms with Crippen molar-refractivity contribution in [3.63, 3.8) is 0 Å². The van der Waals surface area contributed by atoms with Crippen molar-refractivity contribution < 1.29 is 0 Å². The van der Waals surface area contributed by atoms with Crippen LogP contribution in [-0.4, -0.2) is 13.7 Å². The van der Waals surface area contributed by atoms with Crippen LogP contribution in [0.5, 0.6) is 0 Å². The first-order chi connectivity index (χ1) is 27.5. The minimum atomic E-state index is 0.0311. The number of hydrogen-bond donors (Lipinski definition) is 0. The number of anilines is 7. The summed E-state index contributed by atoms with van der Waals surface area (Å²) >= 11 is 0. The molecule has 8 aromatic rings. The molecule has 4 heterocycles. The minimum Gasteiger partial charge on any atom is -0.376 e. The molecule has 0 aliphatic carbocycles. The van der Waals surface area contributed by atoms with E-state index < -0.39 is 0 Å². The second-order valence-corrected chi connectivity index (χ2v) is 15.9. The van der Waals surface area contributed by atoms with Crippen LogP contribution >= 0.6 is 0 Å². The minimum absolute atomic E-state index is 0.0311. The van der Waals surface area contributed by atoms with E-state index in [1.54, 1.807) is 0 Å².